The van der Waals surface area contributed by atoms with Crippen molar-refractivity contribution in [1.29, 1.82) is 0 Å². The number of amides is 2. The number of aromatic hydroxyl groups is 1. The number of primary amides is 1. The number of aliphatic hydroxyl groups is 3. The van der Waals surface area contributed by atoms with Crippen molar-refractivity contribution in [3.63, 3.8) is 0 Å². The first kappa shape index (κ1) is 29.5. The fourth-order valence-electron chi connectivity index (χ4n) is 6.98. The summed E-state index contributed by atoms with van der Waals surface area (Å²) in [5.74, 6) is -4.48. The van der Waals surface area contributed by atoms with Gasteiger partial charge in [-0.15, -0.1) is 0 Å². The van der Waals surface area contributed by atoms with E-state index in [1.807, 2.05) is 39.8 Å². The zero-order valence-electron chi connectivity index (χ0n) is 24.3. The minimum atomic E-state index is -1.99. The number of carbonyl (C=O) groups is 3. The molecule has 0 bridgehead atoms. The Hall–Kier alpha value is -3.53. The lowest BCUT2D eigenvalue weighted by Gasteiger charge is -2.48. The fourth-order valence-corrected chi connectivity index (χ4v) is 6.98. The number of rotatable bonds is 5. The van der Waals surface area contributed by atoms with E-state index in [2.05, 4.69) is 0 Å². The van der Waals surface area contributed by atoms with Gasteiger partial charge in [-0.05, 0) is 48.6 Å². The molecule has 0 spiro atoms. The van der Waals surface area contributed by atoms with Crippen molar-refractivity contribution in [2.45, 2.75) is 66.0 Å². The SMILES string of the molecule is CC(=O)N(Cc1cc(N(C)C)c2c(c1O)C(=O)C1=C(O)C3C(CC(O)=C(C(N)=O)C3(C)O)CC1C2)CC(C)(C)C. The third kappa shape index (κ3) is 4.82. The van der Waals surface area contributed by atoms with Crippen LogP contribution in [0.25, 0.3) is 0 Å². The second kappa shape index (κ2) is 9.83. The average Bonchev–Trinajstić information content (AvgIpc) is 2.77. The van der Waals surface area contributed by atoms with E-state index in [-0.39, 0.29) is 58.3 Å². The summed E-state index contributed by atoms with van der Waals surface area (Å²) < 4.78 is 0. The van der Waals surface area contributed by atoms with E-state index < -0.39 is 35.0 Å². The standard InChI is InChI=1S/C30H41N3O7/c1-14(34)33(13-29(2,3)4)12-17-10-19(32(6)7)18-9-15-8-16-11-20(35)24(28(31)39)30(5,40)23(16)27(38)21(15)26(37)22(18)25(17)36/h10,15-16,23,35-36,38,40H,8-9,11-13H2,1-7H3,(H2,31,39). The van der Waals surface area contributed by atoms with E-state index in [0.29, 0.717) is 30.5 Å². The highest BCUT2D eigenvalue weighted by molar-refractivity contribution is 6.14. The molecule has 4 unspecified atom stereocenters. The lowest BCUT2D eigenvalue weighted by Crippen LogP contribution is -2.52. The topological polar surface area (TPSA) is 165 Å². The maximum atomic E-state index is 14.1. The van der Waals surface area contributed by atoms with Gasteiger partial charge >= 0.3 is 0 Å². The highest BCUT2D eigenvalue weighted by atomic mass is 16.3. The van der Waals surface area contributed by atoms with Crippen molar-refractivity contribution in [2.24, 2.45) is 28.9 Å². The predicted molar refractivity (Wildman–Crippen MR) is 150 cm³/mol. The smallest absolute Gasteiger partial charge is 0.250 e. The quantitative estimate of drug-likeness (QED) is 0.370. The molecule has 0 heterocycles. The molecule has 10 nitrogen and oxygen atoms in total. The summed E-state index contributed by atoms with van der Waals surface area (Å²) in [6, 6.07) is 1.80. The highest BCUT2D eigenvalue weighted by Gasteiger charge is 2.55. The van der Waals surface area contributed by atoms with Crippen LogP contribution in [0.1, 0.15) is 68.9 Å². The second-order valence-electron chi connectivity index (χ2n) is 13.1. The first-order chi connectivity index (χ1) is 18.4. The zero-order valence-corrected chi connectivity index (χ0v) is 24.3. The molecule has 0 aromatic heterocycles. The molecule has 3 aliphatic rings. The van der Waals surface area contributed by atoms with Crippen molar-refractivity contribution in [3.8, 4) is 5.75 Å². The minimum Gasteiger partial charge on any atom is -0.512 e. The van der Waals surface area contributed by atoms with E-state index in [9.17, 15) is 34.8 Å². The molecule has 3 aliphatic carbocycles. The Kier molecular flexibility index (Phi) is 7.24. The molecule has 0 fully saturated rings. The van der Waals surface area contributed by atoms with Gasteiger partial charge in [0.25, 0.3) is 5.91 Å². The Labute approximate surface area is 234 Å². The maximum absolute atomic E-state index is 14.1. The van der Waals surface area contributed by atoms with Gasteiger partial charge in [0.1, 0.15) is 22.9 Å². The van der Waals surface area contributed by atoms with Crippen molar-refractivity contribution < 1.29 is 34.8 Å². The van der Waals surface area contributed by atoms with Crippen molar-refractivity contribution in [1.82, 2.24) is 4.90 Å². The Morgan fingerprint density at radius 3 is 2.30 bits per heavy atom. The molecule has 2 amide bonds. The summed E-state index contributed by atoms with van der Waals surface area (Å²) in [6.07, 6.45) is 0.757. The van der Waals surface area contributed by atoms with Crippen LogP contribution >= 0.6 is 0 Å². The molecular weight excluding hydrogens is 514 g/mol. The van der Waals surface area contributed by atoms with E-state index in [0.717, 1.165) is 5.69 Å². The summed E-state index contributed by atoms with van der Waals surface area (Å²) in [5, 5.41) is 44.9. The molecule has 6 N–H and O–H groups in total. The fraction of sp³-hybridized carbons (Fsp3) is 0.567. The van der Waals surface area contributed by atoms with Gasteiger partial charge in [-0.3, -0.25) is 14.4 Å². The molecule has 0 saturated carbocycles. The summed E-state index contributed by atoms with van der Waals surface area (Å²) >= 11 is 0. The Morgan fingerprint density at radius 1 is 1.15 bits per heavy atom. The predicted octanol–water partition coefficient (Wildman–Crippen LogP) is 3.11. The number of hydrogen-bond acceptors (Lipinski definition) is 8. The Bertz CT molecular complexity index is 1350. The minimum absolute atomic E-state index is 0.0351. The Balaban J connectivity index is 1.86. The first-order valence-corrected chi connectivity index (χ1v) is 13.6. The molecule has 0 aliphatic heterocycles. The number of nitrogens with zero attached hydrogens (tertiary/aromatic N) is 2. The van der Waals surface area contributed by atoms with Crippen LogP contribution in [0, 0.1) is 23.2 Å². The summed E-state index contributed by atoms with van der Waals surface area (Å²) in [7, 11) is 3.68. The lowest BCUT2D eigenvalue weighted by atomic mass is 9.58. The number of anilines is 1. The molecule has 0 saturated heterocycles. The largest absolute Gasteiger partial charge is 0.512 e. The van der Waals surface area contributed by atoms with Gasteiger partial charge in [0.15, 0.2) is 5.78 Å². The van der Waals surface area contributed by atoms with Gasteiger partial charge in [0.2, 0.25) is 5.91 Å². The summed E-state index contributed by atoms with van der Waals surface area (Å²) in [6.45, 7) is 9.34. The van der Waals surface area contributed by atoms with Crippen molar-refractivity contribution in [2.75, 3.05) is 25.5 Å². The number of allylic oxidation sites excluding steroid dienone is 2. The average molecular weight is 556 g/mol. The number of phenols is 1. The van der Waals surface area contributed by atoms with Crippen LogP contribution in [-0.2, 0) is 22.6 Å². The number of nitrogens with two attached hydrogens (primary N) is 1. The van der Waals surface area contributed by atoms with Gasteiger partial charge in [-0.1, -0.05) is 20.8 Å². The summed E-state index contributed by atoms with van der Waals surface area (Å²) in [4.78, 5) is 42.2. The third-order valence-corrected chi connectivity index (χ3v) is 8.48. The van der Waals surface area contributed by atoms with Crippen LogP contribution in [0.2, 0.25) is 0 Å². The van der Waals surface area contributed by atoms with Gasteiger partial charge in [-0.25, -0.2) is 0 Å². The number of benzene rings is 1. The van der Waals surface area contributed by atoms with E-state index in [4.69, 9.17) is 5.73 Å². The van der Waals surface area contributed by atoms with Gasteiger partial charge in [-0.2, -0.15) is 0 Å². The van der Waals surface area contributed by atoms with E-state index >= 15 is 0 Å². The van der Waals surface area contributed by atoms with Gasteiger partial charge in [0.05, 0.1) is 17.1 Å². The number of ketones is 1. The molecule has 40 heavy (non-hydrogen) atoms. The van der Waals surface area contributed by atoms with Crippen LogP contribution in [0.15, 0.2) is 28.7 Å². The van der Waals surface area contributed by atoms with Crippen LogP contribution in [0.4, 0.5) is 5.69 Å². The number of Topliss-reactive ketones (excluding diaryl/α,β-unsaturated/α-hetero) is 1. The van der Waals surface area contributed by atoms with Crippen LogP contribution in [-0.4, -0.2) is 69.2 Å². The van der Waals surface area contributed by atoms with Crippen LogP contribution < -0.4 is 10.6 Å². The van der Waals surface area contributed by atoms with E-state index in [1.54, 1.807) is 11.0 Å². The highest BCUT2D eigenvalue weighted by Crippen LogP contribution is 2.54. The van der Waals surface area contributed by atoms with Crippen LogP contribution in [0.3, 0.4) is 0 Å². The van der Waals surface area contributed by atoms with Gasteiger partial charge < -0.3 is 36.0 Å². The Morgan fingerprint density at radius 2 is 1.77 bits per heavy atom. The number of phenolic OH excluding ortho intramolecular Hbond substituents is 1. The zero-order chi connectivity index (χ0) is 30.1. The van der Waals surface area contributed by atoms with Crippen molar-refractivity contribution in [3.05, 3.63) is 45.4 Å². The molecule has 1 aromatic rings. The molecule has 218 valence electrons. The molecule has 1 aromatic carbocycles. The molecule has 4 atom stereocenters. The lowest BCUT2D eigenvalue weighted by molar-refractivity contribution is -0.130. The van der Waals surface area contributed by atoms with E-state index in [1.165, 1.54) is 13.8 Å². The molecule has 10 heteroatoms. The number of carbonyl (C=O) groups excluding carboxylic acids is 3. The number of aliphatic hydroxyl groups excluding tert-OH is 2. The van der Waals surface area contributed by atoms with Crippen LogP contribution in [0.5, 0.6) is 5.75 Å². The third-order valence-electron chi connectivity index (χ3n) is 8.48. The molecular formula is C30H41N3O7. The molecule has 0 radical (unpaired) electrons. The van der Waals surface area contributed by atoms with Gasteiger partial charge in [0, 0.05) is 57.4 Å². The number of fused-ring (bicyclic) bond motifs is 3. The summed E-state index contributed by atoms with van der Waals surface area (Å²) in [5.41, 5.74) is 4.85. The monoisotopic (exact) mass is 555 g/mol. The maximum Gasteiger partial charge on any atom is 0.250 e. The number of hydrogen-bond donors (Lipinski definition) is 5. The van der Waals surface area contributed by atoms with Crippen molar-refractivity contribution >= 4 is 23.3 Å². The first-order valence-electron chi connectivity index (χ1n) is 13.6. The second-order valence-corrected chi connectivity index (χ2v) is 13.1. The normalized spacial score (nSPS) is 26.2. The molecule has 4 rings (SSSR count).